The Labute approximate surface area is 93.5 Å². The Bertz CT molecular complexity index is 260. The van der Waals surface area contributed by atoms with Gasteiger partial charge in [0, 0.05) is 12.1 Å². The van der Waals surface area contributed by atoms with Gasteiger partial charge in [-0.3, -0.25) is 23.5 Å². The molecule has 0 spiro atoms. The molecule has 0 aliphatic rings. The van der Waals surface area contributed by atoms with Gasteiger partial charge in [0.25, 0.3) is 0 Å². The molecule has 0 heterocycles. The molecule has 1 aromatic rings. The Kier molecular flexibility index (Phi) is 22.8. The molecule has 0 radical (unpaired) electrons. The van der Waals surface area contributed by atoms with Gasteiger partial charge in [0.2, 0.25) is 0 Å². The summed E-state index contributed by atoms with van der Waals surface area (Å²) in [7, 11) is 5.49. The summed E-state index contributed by atoms with van der Waals surface area (Å²) in [6.45, 7) is 0. The van der Waals surface area contributed by atoms with Gasteiger partial charge >= 0.3 is 0 Å². The minimum Gasteiger partial charge on any atom is -0.269 e. The lowest BCUT2D eigenvalue weighted by Crippen LogP contribution is -1.87. The van der Waals surface area contributed by atoms with Gasteiger partial charge in [0.05, 0.1) is 4.90 Å². The van der Waals surface area contributed by atoms with Crippen LogP contribution in [0.15, 0.2) is 17.0 Å². The van der Waals surface area contributed by atoms with Gasteiger partial charge in [-0.15, -0.1) is 0 Å². The number of rotatable bonds is 1. The van der Waals surface area contributed by atoms with Crippen molar-refractivity contribution in [1.29, 1.82) is 0 Å². The molecular weight excluding hydrogens is 292 g/mol. The largest absolute Gasteiger partial charge is 0.269 e. The predicted octanol–water partition coefficient (Wildman–Crippen LogP) is 4.11. The topological polar surface area (TPSA) is 0 Å². The van der Waals surface area contributed by atoms with Gasteiger partial charge in [0.1, 0.15) is 17.5 Å². The van der Waals surface area contributed by atoms with E-state index in [1.807, 2.05) is 0 Å². The highest BCUT2D eigenvalue weighted by Gasteiger charge is 2.10. The molecule has 1 rings (SSSR count). The van der Waals surface area contributed by atoms with Crippen molar-refractivity contribution in [2.75, 3.05) is 0 Å². The Morgan fingerprint density at radius 1 is 0.812 bits per heavy atom. The van der Waals surface area contributed by atoms with E-state index in [-0.39, 0.29) is 28.4 Å². The molecular formula is C6H7ClF8S. The van der Waals surface area contributed by atoms with Crippen molar-refractivity contribution in [3.63, 3.8) is 0 Å². The van der Waals surface area contributed by atoms with Gasteiger partial charge in [-0.2, -0.15) is 0 Å². The van der Waals surface area contributed by atoms with E-state index in [2.05, 4.69) is 0 Å². The van der Waals surface area contributed by atoms with Crippen LogP contribution in [0.3, 0.4) is 0 Å². The second-order valence-electron chi connectivity index (χ2n) is 1.78. The maximum absolute atomic E-state index is 12.5. The van der Waals surface area contributed by atoms with E-state index in [0.717, 1.165) is 0 Å². The molecule has 100 valence electrons. The molecule has 0 atom stereocenters. The maximum atomic E-state index is 12.5. The SMILES string of the molecule is F.F.F.F.F.Fc1cc(F)c(SCl)c(F)c1. The third kappa shape index (κ3) is 6.72. The normalized spacial score (nSPS) is 7.00. The van der Waals surface area contributed by atoms with Crippen LogP contribution in [-0.4, -0.2) is 0 Å². The minimum absolute atomic E-state index is 0. The molecule has 0 amide bonds. The van der Waals surface area contributed by atoms with Crippen LogP contribution >= 0.6 is 21.7 Å². The highest BCUT2D eigenvalue weighted by Crippen LogP contribution is 2.28. The van der Waals surface area contributed by atoms with E-state index in [1.165, 1.54) is 0 Å². The van der Waals surface area contributed by atoms with E-state index < -0.39 is 17.5 Å². The van der Waals surface area contributed by atoms with Crippen molar-refractivity contribution in [3.8, 4) is 0 Å². The van der Waals surface area contributed by atoms with Gasteiger partial charge < -0.3 is 0 Å². The van der Waals surface area contributed by atoms with Crippen LogP contribution in [0, 0.1) is 17.5 Å². The fourth-order valence-corrected chi connectivity index (χ4v) is 1.31. The van der Waals surface area contributed by atoms with Crippen LogP contribution < -0.4 is 0 Å². The number of hydrogen-bond donors (Lipinski definition) is 0. The maximum Gasteiger partial charge on any atom is 0.143 e. The molecule has 0 aliphatic heterocycles. The molecule has 0 nitrogen and oxygen atoms in total. The highest BCUT2D eigenvalue weighted by molar-refractivity contribution is 8.21. The molecule has 0 unspecified atom stereocenters. The summed E-state index contributed by atoms with van der Waals surface area (Å²) in [5.41, 5.74) is 0. The van der Waals surface area contributed by atoms with Crippen LogP contribution in [0.5, 0.6) is 0 Å². The number of hydrogen-bond acceptors (Lipinski definition) is 1. The minimum atomic E-state index is -0.984. The van der Waals surface area contributed by atoms with Crippen LogP contribution in [0.4, 0.5) is 36.7 Å². The summed E-state index contributed by atoms with van der Waals surface area (Å²) in [4.78, 5) is -0.381. The first-order valence-electron chi connectivity index (χ1n) is 2.58. The molecule has 0 N–H and O–H groups in total. The smallest absolute Gasteiger partial charge is 0.143 e. The van der Waals surface area contributed by atoms with Gasteiger partial charge in [-0.05, 0) is 21.7 Å². The first kappa shape index (κ1) is 29.5. The third-order valence-corrected chi connectivity index (χ3v) is 2.05. The van der Waals surface area contributed by atoms with Gasteiger partial charge in [0.15, 0.2) is 0 Å². The molecule has 0 saturated heterocycles. The van der Waals surface area contributed by atoms with Crippen molar-refractivity contribution in [2.24, 2.45) is 0 Å². The molecule has 0 fully saturated rings. The fraction of sp³-hybridized carbons (Fsp3) is 0. The fourth-order valence-electron chi connectivity index (χ4n) is 0.603. The Morgan fingerprint density at radius 3 is 1.38 bits per heavy atom. The molecule has 10 heteroatoms. The standard InChI is InChI=1S/C6H2ClF3S.5FH/c7-11-6-4(9)1-3(8)2-5(6)10;;;;;/h1-2H;5*1H. The Balaban J connectivity index is -0.0000000807. The lowest BCUT2D eigenvalue weighted by Gasteiger charge is -1.98. The van der Waals surface area contributed by atoms with E-state index >= 15 is 0 Å². The molecule has 1 aromatic carbocycles. The number of benzene rings is 1. The lowest BCUT2D eigenvalue weighted by atomic mass is 10.3. The average molecular weight is 299 g/mol. The molecule has 0 bridgehead atoms. The van der Waals surface area contributed by atoms with Crippen LogP contribution in [0.25, 0.3) is 0 Å². The van der Waals surface area contributed by atoms with E-state index in [4.69, 9.17) is 10.7 Å². The second-order valence-corrected chi connectivity index (χ2v) is 2.80. The molecule has 0 aliphatic carbocycles. The summed E-state index contributed by atoms with van der Waals surface area (Å²) in [5, 5.41) is 0. The zero-order valence-electron chi connectivity index (χ0n) is 7.12. The predicted molar refractivity (Wildman–Crippen MR) is 50.5 cm³/mol. The summed E-state index contributed by atoms with van der Waals surface area (Å²) >= 11 is 0. The third-order valence-electron chi connectivity index (χ3n) is 1.04. The number of halogens is 9. The quantitative estimate of drug-likeness (QED) is 0.703. The Hall–Kier alpha value is -0.700. The van der Waals surface area contributed by atoms with Crippen molar-refractivity contribution < 1.29 is 36.7 Å². The van der Waals surface area contributed by atoms with E-state index in [1.54, 1.807) is 0 Å². The summed E-state index contributed by atoms with van der Waals surface area (Å²) < 4.78 is 37.3. The van der Waals surface area contributed by atoms with Crippen LogP contribution in [-0.2, 0) is 0 Å². The summed E-state index contributed by atoms with van der Waals surface area (Å²) in [6, 6.07) is 1.15. The van der Waals surface area contributed by atoms with Crippen LogP contribution in [0.2, 0.25) is 0 Å². The first-order chi connectivity index (χ1) is 5.15. The van der Waals surface area contributed by atoms with Crippen molar-refractivity contribution in [2.45, 2.75) is 4.90 Å². The van der Waals surface area contributed by atoms with Gasteiger partial charge in [-0.1, -0.05) is 0 Å². The van der Waals surface area contributed by atoms with Gasteiger partial charge in [-0.25, -0.2) is 13.2 Å². The summed E-state index contributed by atoms with van der Waals surface area (Å²) in [6.07, 6.45) is 0. The van der Waals surface area contributed by atoms with E-state index in [0.29, 0.717) is 23.1 Å². The summed E-state index contributed by atoms with van der Waals surface area (Å²) in [5.74, 6) is -2.92. The Morgan fingerprint density at radius 2 is 1.12 bits per heavy atom. The van der Waals surface area contributed by atoms with Crippen LogP contribution in [0.1, 0.15) is 0 Å². The molecule has 0 aromatic heterocycles. The zero-order chi connectivity index (χ0) is 8.43. The lowest BCUT2D eigenvalue weighted by molar-refractivity contribution is 0.511. The van der Waals surface area contributed by atoms with Crippen molar-refractivity contribution in [3.05, 3.63) is 29.6 Å². The monoisotopic (exact) mass is 298 g/mol. The zero-order valence-corrected chi connectivity index (χ0v) is 8.69. The second kappa shape index (κ2) is 12.4. The molecule has 16 heavy (non-hydrogen) atoms. The molecule has 0 saturated carbocycles. The van der Waals surface area contributed by atoms with Crippen molar-refractivity contribution in [1.82, 2.24) is 0 Å². The van der Waals surface area contributed by atoms with Crippen molar-refractivity contribution >= 4 is 21.7 Å². The average Bonchev–Trinajstić information content (AvgIpc) is 1.85. The highest BCUT2D eigenvalue weighted by atomic mass is 35.7. The van der Waals surface area contributed by atoms with E-state index in [9.17, 15) is 13.2 Å². The first-order valence-corrected chi connectivity index (χ1v) is 4.22.